The van der Waals surface area contributed by atoms with E-state index in [1.165, 1.54) is 6.42 Å². The van der Waals surface area contributed by atoms with Gasteiger partial charge in [0.05, 0.1) is 6.21 Å². The summed E-state index contributed by atoms with van der Waals surface area (Å²) in [5.41, 5.74) is 3.38. The van der Waals surface area contributed by atoms with Crippen LogP contribution in [0.4, 0.5) is 0 Å². The number of carbonyl (C=O) groups excluding carboxylic acids is 1. The predicted molar refractivity (Wildman–Crippen MR) is 90.8 cm³/mol. The van der Waals surface area contributed by atoms with E-state index in [0.717, 1.165) is 35.7 Å². The largest absolute Gasteiger partial charge is 0.480 e. The standard InChI is InChI=1S/C17H19BrN2O2/c1-2-10-22-16-9-8-15(18)11-14(16)12-19-20-17(21)13-6-4-3-5-7-13/h1,8-9,11-13H,3-7,10H2,(H,20,21)/b19-12+. The molecule has 0 saturated heterocycles. The summed E-state index contributed by atoms with van der Waals surface area (Å²) in [6.45, 7) is 0.191. The van der Waals surface area contributed by atoms with Gasteiger partial charge in [0, 0.05) is 16.0 Å². The first kappa shape index (κ1) is 16.6. The van der Waals surface area contributed by atoms with Gasteiger partial charge >= 0.3 is 0 Å². The van der Waals surface area contributed by atoms with Crippen LogP contribution in [-0.4, -0.2) is 18.7 Å². The Morgan fingerprint density at radius 3 is 2.95 bits per heavy atom. The van der Waals surface area contributed by atoms with Crippen LogP contribution in [0.1, 0.15) is 37.7 Å². The van der Waals surface area contributed by atoms with Gasteiger partial charge in [-0.05, 0) is 31.0 Å². The fourth-order valence-corrected chi connectivity index (χ4v) is 2.87. The van der Waals surface area contributed by atoms with Crippen LogP contribution in [0.25, 0.3) is 0 Å². The molecule has 116 valence electrons. The van der Waals surface area contributed by atoms with Crippen molar-refractivity contribution in [2.24, 2.45) is 11.0 Å². The topological polar surface area (TPSA) is 50.7 Å². The molecular weight excluding hydrogens is 344 g/mol. The molecule has 2 rings (SSSR count). The average molecular weight is 363 g/mol. The lowest BCUT2D eigenvalue weighted by molar-refractivity contribution is -0.125. The fraction of sp³-hybridized carbons (Fsp3) is 0.412. The van der Waals surface area contributed by atoms with E-state index in [1.54, 1.807) is 6.21 Å². The summed E-state index contributed by atoms with van der Waals surface area (Å²) in [4.78, 5) is 12.0. The lowest BCUT2D eigenvalue weighted by Gasteiger charge is -2.19. The van der Waals surface area contributed by atoms with E-state index < -0.39 is 0 Å². The van der Waals surface area contributed by atoms with Gasteiger partial charge in [-0.1, -0.05) is 41.1 Å². The molecule has 0 atom stereocenters. The molecule has 0 aromatic heterocycles. The number of rotatable bonds is 5. The van der Waals surface area contributed by atoms with E-state index in [2.05, 4.69) is 32.4 Å². The number of nitrogens with zero attached hydrogens (tertiary/aromatic N) is 1. The van der Waals surface area contributed by atoms with E-state index in [9.17, 15) is 4.79 Å². The van der Waals surface area contributed by atoms with Crippen molar-refractivity contribution in [3.05, 3.63) is 28.2 Å². The average Bonchev–Trinajstić information content (AvgIpc) is 2.55. The van der Waals surface area contributed by atoms with Crippen LogP contribution in [0.5, 0.6) is 5.75 Å². The Morgan fingerprint density at radius 1 is 1.45 bits per heavy atom. The predicted octanol–water partition coefficient (Wildman–Crippen LogP) is 3.49. The number of ether oxygens (including phenoxy) is 1. The maximum absolute atomic E-state index is 12.0. The van der Waals surface area contributed by atoms with Crippen molar-refractivity contribution >= 4 is 28.1 Å². The summed E-state index contributed by atoms with van der Waals surface area (Å²) in [5, 5.41) is 4.05. The molecule has 5 heteroatoms. The molecule has 1 fully saturated rings. The second-order valence-electron chi connectivity index (χ2n) is 5.24. The van der Waals surface area contributed by atoms with E-state index in [0.29, 0.717) is 5.75 Å². The zero-order valence-corrected chi connectivity index (χ0v) is 13.9. The second kappa shape index (κ2) is 8.60. The number of terminal acetylenes is 1. The molecule has 1 amide bonds. The third-order valence-electron chi connectivity index (χ3n) is 3.64. The molecule has 0 unspecified atom stereocenters. The Morgan fingerprint density at radius 2 is 2.23 bits per heavy atom. The number of halogens is 1. The van der Waals surface area contributed by atoms with Crippen molar-refractivity contribution in [1.82, 2.24) is 5.43 Å². The van der Waals surface area contributed by atoms with Crippen LogP contribution in [-0.2, 0) is 4.79 Å². The molecule has 1 aromatic carbocycles. The number of hydrogen-bond donors (Lipinski definition) is 1. The highest BCUT2D eigenvalue weighted by molar-refractivity contribution is 9.10. The SMILES string of the molecule is C#CCOc1ccc(Br)cc1/C=N/NC(=O)C1CCCCC1. The number of benzene rings is 1. The number of hydrazone groups is 1. The highest BCUT2D eigenvalue weighted by Gasteiger charge is 2.20. The Labute approximate surface area is 139 Å². The minimum atomic E-state index is -0.00274. The molecular formula is C17H19BrN2O2. The van der Waals surface area contributed by atoms with Crippen molar-refractivity contribution in [3.63, 3.8) is 0 Å². The van der Waals surface area contributed by atoms with Gasteiger partial charge in [0.1, 0.15) is 12.4 Å². The second-order valence-corrected chi connectivity index (χ2v) is 6.16. The summed E-state index contributed by atoms with van der Waals surface area (Å²) < 4.78 is 6.36. The summed E-state index contributed by atoms with van der Waals surface area (Å²) in [6.07, 6.45) is 12.2. The monoisotopic (exact) mass is 362 g/mol. The molecule has 0 aliphatic heterocycles. The van der Waals surface area contributed by atoms with Crippen molar-refractivity contribution in [3.8, 4) is 18.1 Å². The van der Waals surface area contributed by atoms with Gasteiger partial charge in [-0.15, -0.1) is 6.42 Å². The number of hydrogen-bond acceptors (Lipinski definition) is 3. The molecule has 1 aromatic rings. The minimum absolute atomic E-state index is 0.00274. The highest BCUT2D eigenvalue weighted by atomic mass is 79.9. The third kappa shape index (κ3) is 4.88. The lowest BCUT2D eigenvalue weighted by atomic mass is 9.89. The van der Waals surface area contributed by atoms with Gasteiger partial charge in [-0.2, -0.15) is 5.10 Å². The van der Waals surface area contributed by atoms with E-state index in [4.69, 9.17) is 11.2 Å². The first-order valence-electron chi connectivity index (χ1n) is 7.39. The van der Waals surface area contributed by atoms with Crippen molar-refractivity contribution in [2.45, 2.75) is 32.1 Å². The van der Waals surface area contributed by atoms with Gasteiger partial charge in [-0.25, -0.2) is 5.43 Å². The molecule has 1 aliphatic carbocycles. The third-order valence-corrected chi connectivity index (χ3v) is 4.13. The molecule has 1 saturated carbocycles. The molecule has 1 aliphatic rings. The molecule has 0 heterocycles. The summed E-state index contributed by atoms with van der Waals surface area (Å²) in [6, 6.07) is 5.54. The number of carbonyl (C=O) groups is 1. The normalized spacial score (nSPS) is 15.5. The number of amides is 1. The Hall–Kier alpha value is -1.80. The van der Waals surface area contributed by atoms with Crippen molar-refractivity contribution in [2.75, 3.05) is 6.61 Å². The first-order valence-corrected chi connectivity index (χ1v) is 8.18. The molecule has 0 spiro atoms. The Bertz CT molecular complexity index is 587. The van der Waals surface area contributed by atoms with E-state index >= 15 is 0 Å². The smallest absolute Gasteiger partial charge is 0.243 e. The maximum Gasteiger partial charge on any atom is 0.243 e. The van der Waals surface area contributed by atoms with Gasteiger partial charge in [-0.3, -0.25) is 4.79 Å². The van der Waals surface area contributed by atoms with Crippen LogP contribution in [0.15, 0.2) is 27.8 Å². The zero-order chi connectivity index (χ0) is 15.8. The van der Waals surface area contributed by atoms with Crippen molar-refractivity contribution < 1.29 is 9.53 Å². The quantitative estimate of drug-likeness (QED) is 0.495. The molecule has 0 bridgehead atoms. The highest BCUT2D eigenvalue weighted by Crippen LogP contribution is 2.24. The van der Waals surface area contributed by atoms with Gasteiger partial charge in [0.25, 0.3) is 0 Å². The van der Waals surface area contributed by atoms with Crippen LogP contribution in [0, 0.1) is 18.3 Å². The summed E-state index contributed by atoms with van der Waals surface area (Å²) in [5.74, 6) is 3.15. The molecule has 0 radical (unpaired) electrons. The lowest BCUT2D eigenvalue weighted by Crippen LogP contribution is -2.28. The Balaban J connectivity index is 1.98. The number of nitrogens with one attached hydrogen (secondary N) is 1. The molecule has 22 heavy (non-hydrogen) atoms. The summed E-state index contributed by atoms with van der Waals surface area (Å²) >= 11 is 3.40. The van der Waals surface area contributed by atoms with Crippen LogP contribution in [0.3, 0.4) is 0 Å². The van der Waals surface area contributed by atoms with Crippen LogP contribution in [0.2, 0.25) is 0 Å². The van der Waals surface area contributed by atoms with Gasteiger partial charge in [0.15, 0.2) is 0 Å². The van der Waals surface area contributed by atoms with Crippen molar-refractivity contribution in [1.29, 1.82) is 0 Å². The van der Waals surface area contributed by atoms with Gasteiger partial charge in [0.2, 0.25) is 5.91 Å². The molecule has 1 N–H and O–H groups in total. The minimum Gasteiger partial charge on any atom is -0.480 e. The maximum atomic E-state index is 12.0. The zero-order valence-electron chi connectivity index (χ0n) is 12.3. The van der Waals surface area contributed by atoms with Crippen LogP contribution >= 0.6 is 15.9 Å². The van der Waals surface area contributed by atoms with E-state index in [-0.39, 0.29) is 18.4 Å². The van der Waals surface area contributed by atoms with Crippen LogP contribution < -0.4 is 10.2 Å². The van der Waals surface area contributed by atoms with Gasteiger partial charge < -0.3 is 4.74 Å². The first-order chi connectivity index (χ1) is 10.7. The van der Waals surface area contributed by atoms with E-state index in [1.807, 2.05) is 18.2 Å². The Kier molecular flexibility index (Phi) is 6.47. The summed E-state index contributed by atoms with van der Waals surface area (Å²) in [7, 11) is 0. The molecule has 4 nitrogen and oxygen atoms in total. The fourth-order valence-electron chi connectivity index (χ4n) is 2.49.